The number of benzene rings is 2. The summed E-state index contributed by atoms with van der Waals surface area (Å²) in [5, 5.41) is 13.8. The molecule has 1 N–H and O–H groups in total. The van der Waals surface area contributed by atoms with Crippen LogP contribution in [0.5, 0.6) is 5.75 Å². The van der Waals surface area contributed by atoms with Gasteiger partial charge in [0.2, 0.25) is 0 Å². The minimum absolute atomic E-state index is 0.00654. The third kappa shape index (κ3) is 5.21. The predicted molar refractivity (Wildman–Crippen MR) is 107 cm³/mol. The zero-order chi connectivity index (χ0) is 23.3. The van der Waals surface area contributed by atoms with Crippen molar-refractivity contribution in [2.75, 3.05) is 25.6 Å². The lowest BCUT2D eigenvalue weighted by atomic mass is 10.1. The van der Waals surface area contributed by atoms with Gasteiger partial charge in [-0.1, -0.05) is 0 Å². The highest BCUT2D eigenvalue weighted by Gasteiger charge is 2.31. The fraction of sp³-hybridized carbons (Fsp3) is 0.200. The molecule has 32 heavy (non-hydrogen) atoms. The molecule has 3 rings (SSSR count). The van der Waals surface area contributed by atoms with Gasteiger partial charge in [0.25, 0.3) is 11.6 Å². The number of nitro groups is 1. The number of carbonyl (C=O) groups excluding carboxylic acids is 1. The van der Waals surface area contributed by atoms with Crippen LogP contribution in [0.2, 0.25) is 0 Å². The highest BCUT2D eigenvalue weighted by atomic mass is 19.4. The molecule has 0 fully saturated rings. The van der Waals surface area contributed by atoms with E-state index in [0.29, 0.717) is 0 Å². The lowest BCUT2D eigenvalue weighted by Gasteiger charge is -2.15. The first-order chi connectivity index (χ1) is 15.2. The summed E-state index contributed by atoms with van der Waals surface area (Å²) in [4.78, 5) is 27.4. The summed E-state index contributed by atoms with van der Waals surface area (Å²) in [5.74, 6) is -0.853. The molecule has 0 aliphatic carbocycles. The van der Waals surface area contributed by atoms with Gasteiger partial charge < -0.3 is 19.4 Å². The fourth-order valence-electron chi connectivity index (χ4n) is 2.79. The lowest BCUT2D eigenvalue weighted by Crippen LogP contribution is -2.16. The van der Waals surface area contributed by atoms with Crippen LogP contribution in [-0.2, 0) is 10.9 Å². The Morgan fingerprint density at radius 1 is 1.22 bits per heavy atom. The molecule has 9 nitrogen and oxygen atoms in total. The van der Waals surface area contributed by atoms with E-state index in [-0.39, 0.29) is 41.6 Å². The molecule has 0 bridgehead atoms. The fourth-order valence-corrected chi connectivity index (χ4v) is 2.79. The number of halogens is 3. The molecule has 0 atom stereocenters. The summed E-state index contributed by atoms with van der Waals surface area (Å²) in [6, 6.07) is 6.33. The maximum absolute atomic E-state index is 13.1. The zero-order valence-electron chi connectivity index (χ0n) is 16.6. The van der Waals surface area contributed by atoms with Gasteiger partial charge in [-0.3, -0.25) is 14.9 Å². The van der Waals surface area contributed by atoms with Crippen LogP contribution in [0.25, 0.3) is 5.69 Å². The first kappa shape index (κ1) is 22.7. The van der Waals surface area contributed by atoms with Crippen LogP contribution in [0.15, 0.2) is 55.1 Å². The highest BCUT2D eigenvalue weighted by Crippen LogP contribution is 2.35. The van der Waals surface area contributed by atoms with E-state index in [1.165, 1.54) is 42.5 Å². The number of nitrogens with one attached hydrogen (secondary N) is 1. The normalized spacial score (nSPS) is 11.2. The van der Waals surface area contributed by atoms with Crippen molar-refractivity contribution in [1.82, 2.24) is 9.55 Å². The molecule has 0 saturated heterocycles. The molecule has 0 spiro atoms. The number of ether oxygens (including phenoxy) is 2. The number of carbonyl (C=O) groups is 1. The average Bonchev–Trinajstić information content (AvgIpc) is 3.28. The van der Waals surface area contributed by atoms with Crippen molar-refractivity contribution >= 4 is 17.3 Å². The van der Waals surface area contributed by atoms with Crippen molar-refractivity contribution < 1.29 is 32.4 Å². The van der Waals surface area contributed by atoms with Crippen molar-refractivity contribution in [3.63, 3.8) is 0 Å². The number of methoxy groups -OCH3 is 1. The van der Waals surface area contributed by atoms with E-state index < -0.39 is 22.6 Å². The van der Waals surface area contributed by atoms with E-state index in [1.807, 2.05) is 0 Å². The molecule has 0 saturated carbocycles. The first-order valence-corrected chi connectivity index (χ1v) is 9.12. The van der Waals surface area contributed by atoms with Gasteiger partial charge in [0.15, 0.2) is 0 Å². The Morgan fingerprint density at radius 2 is 2.00 bits per heavy atom. The predicted octanol–water partition coefficient (Wildman–Crippen LogP) is 4.08. The minimum atomic E-state index is -4.64. The smallest absolute Gasteiger partial charge is 0.416 e. The second-order valence-corrected chi connectivity index (χ2v) is 6.43. The van der Waals surface area contributed by atoms with Gasteiger partial charge in [0.1, 0.15) is 18.0 Å². The number of rotatable bonds is 8. The highest BCUT2D eigenvalue weighted by molar-refractivity contribution is 6.05. The first-order valence-electron chi connectivity index (χ1n) is 9.12. The standard InChI is InChI=1S/C20H17F3N4O5/c1-31-8-9-32-18-5-3-14(20(21,22)23)11-15(18)25-19(28)13-2-4-16(17(10-13)27(29)30)26-7-6-24-12-26/h2-7,10-12H,8-9H2,1H3,(H,25,28). The number of hydrogen-bond donors (Lipinski definition) is 1. The lowest BCUT2D eigenvalue weighted by molar-refractivity contribution is -0.384. The Labute approximate surface area is 179 Å². The Hall–Kier alpha value is -3.93. The Bertz CT molecular complexity index is 1120. The molecule has 1 amide bonds. The van der Waals surface area contributed by atoms with Crippen LogP contribution >= 0.6 is 0 Å². The van der Waals surface area contributed by atoms with Crippen LogP contribution in [0.4, 0.5) is 24.5 Å². The molecule has 1 aromatic heterocycles. The van der Waals surface area contributed by atoms with Crippen LogP contribution in [0.1, 0.15) is 15.9 Å². The van der Waals surface area contributed by atoms with E-state index in [4.69, 9.17) is 9.47 Å². The van der Waals surface area contributed by atoms with Crippen molar-refractivity contribution in [1.29, 1.82) is 0 Å². The summed E-state index contributed by atoms with van der Waals surface area (Å²) >= 11 is 0. The molecular formula is C20H17F3N4O5. The number of alkyl halides is 3. The number of aromatic nitrogens is 2. The number of nitro benzene ring substituents is 1. The zero-order valence-corrected chi connectivity index (χ0v) is 16.6. The second-order valence-electron chi connectivity index (χ2n) is 6.43. The number of amides is 1. The van der Waals surface area contributed by atoms with Crippen LogP contribution in [0.3, 0.4) is 0 Å². The molecule has 0 aliphatic rings. The minimum Gasteiger partial charge on any atom is -0.489 e. The van der Waals surface area contributed by atoms with Gasteiger partial charge in [0, 0.05) is 31.1 Å². The topological polar surface area (TPSA) is 109 Å². The van der Waals surface area contributed by atoms with Crippen molar-refractivity contribution in [3.8, 4) is 11.4 Å². The Kier molecular flexibility index (Phi) is 6.73. The second kappa shape index (κ2) is 9.47. The molecule has 2 aromatic carbocycles. The molecular weight excluding hydrogens is 433 g/mol. The summed E-state index contributed by atoms with van der Waals surface area (Å²) < 4.78 is 51.0. The maximum Gasteiger partial charge on any atom is 0.416 e. The van der Waals surface area contributed by atoms with E-state index in [0.717, 1.165) is 24.3 Å². The molecule has 168 valence electrons. The van der Waals surface area contributed by atoms with Gasteiger partial charge in [-0.2, -0.15) is 13.2 Å². The van der Waals surface area contributed by atoms with E-state index in [9.17, 15) is 28.1 Å². The third-order valence-corrected chi connectivity index (χ3v) is 4.32. The quantitative estimate of drug-likeness (QED) is 0.315. The van der Waals surface area contributed by atoms with Gasteiger partial charge >= 0.3 is 6.18 Å². The number of anilines is 1. The average molecular weight is 450 g/mol. The summed E-state index contributed by atoms with van der Waals surface area (Å²) in [6.07, 6.45) is -0.360. The molecule has 1 heterocycles. The third-order valence-electron chi connectivity index (χ3n) is 4.32. The van der Waals surface area contributed by atoms with Crippen molar-refractivity contribution in [3.05, 3.63) is 76.4 Å². The summed E-state index contributed by atoms with van der Waals surface area (Å²) in [5.41, 5.74) is -1.56. The summed E-state index contributed by atoms with van der Waals surface area (Å²) in [6.45, 7) is 0.214. The van der Waals surface area contributed by atoms with Crippen molar-refractivity contribution in [2.24, 2.45) is 0 Å². The van der Waals surface area contributed by atoms with Crippen LogP contribution < -0.4 is 10.1 Å². The van der Waals surface area contributed by atoms with Gasteiger partial charge in [-0.05, 0) is 30.3 Å². The monoisotopic (exact) mass is 450 g/mol. The maximum atomic E-state index is 13.1. The SMILES string of the molecule is COCCOc1ccc(C(F)(F)F)cc1NC(=O)c1ccc(-n2ccnc2)c([N+](=O)[O-])c1. The van der Waals surface area contributed by atoms with E-state index in [1.54, 1.807) is 0 Å². The number of imidazole rings is 1. The molecule has 0 radical (unpaired) electrons. The molecule has 0 unspecified atom stereocenters. The van der Waals surface area contributed by atoms with E-state index >= 15 is 0 Å². The molecule has 3 aromatic rings. The number of nitrogens with zero attached hydrogens (tertiary/aromatic N) is 3. The number of hydrogen-bond acceptors (Lipinski definition) is 6. The van der Waals surface area contributed by atoms with Crippen LogP contribution in [-0.4, -0.2) is 40.7 Å². The molecule has 12 heteroatoms. The van der Waals surface area contributed by atoms with E-state index in [2.05, 4.69) is 10.3 Å². The molecule has 0 aliphatic heterocycles. The Morgan fingerprint density at radius 3 is 2.62 bits per heavy atom. The van der Waals surface area contributed by atoms with Crippen LogP contribution in [0, 0.1) is 10.1 Å². The van der Waals surface area contributed by atoms with Gasteiger partial charge in [0.05, 0.1) is 29.1 Å². The summed E-state index contributed by atoms with van der Waals surface area (Å²) in [7, 11) is 1.43. The van der Waals surface area contributed by atoms with Crippen molar-refractivity contribution in [2.45, 2.75) is 6.18 Å². The van der Waals surface area contributed by atoms with Gasteiger partial charge in [-0.15, -0.1) is 0 Å². The largest absolute Gasteiger partial charge is 0.489 e. The Balaban J connectivity index is 1.93. The van der Waals surface area contributed by atoms with Gasteiger partial charge in [-0.25, -0.2) is 4.98 Å².